The molecule has 0 bridgehead atoms. The van der Waals surface area contributed by atoms with Gasteiger partial charge < -0.3 is 0 Å². The van der Waals surface area contributed by atoms with Gasteiger partial charge in [0.15, 0.2) is 0 Å². The van der Waals surface area contributed by atoms with E-state index >= 15 is 0 Å². The Labute approximate surface area is 130 Å². The lowest BCUT2D eigenvalue weighted by Crippen LogP contribution is -2.28. The third kappa shape index (κ3) is 4.18. The van der Waals surface area contributed by atoms with Gasteiger partial charge in [0, 0.05) is 18.4 Å². The summed E-state index contributed by atoms with van der Waals surface area (Å²) in [6, 6.07) is 8.39. The summed E-state index contributed by atoms with van der Waals surface area (Å²) in [6.45, 7) is 2.92. The second-order valence-corrected chi connectivity index (χ2v) is 6.51. The maximum absolute atomic E-state index is 12.0. The standard InChI is InChI=1S/C16H19NOS2/c1-2-3-4-13-5-7-14(8-6-13)9-10-15(18)17-11-12-20-16(17)19/h5-10H,2-4,11-12H2,1H3/b10-9+. The molecule has 20 heavy (non-hydrogen) atoms. The van der Waals surface area contributed by atoms with Crippen molar-refractivity contribution >= 4 is 40.3 Å². The van der Waals surface area contributed by atoms with Crippen LogP contribution in [0.2, 0.25) is 0 Å². The van der Waals surface area contributed by atoms with Crippen LogP contribution in [0.5, 0.6) is 0 Å². The van der Waals surface area contributed by atoms with E-state index in [9.17, 15) is 4.79 Å². The predicted molar refractivity (Wildman–Crippen MR) is 90.9 cm³/mol. The zero-order chi connectivity index (χ0) is 14.4. The summed E-state index contributed by atoms with van der Waals surface area (Å²) in [5.41, 5.74) is 2.41. The molecule has 1 aromatic carbocycles. The van der Waals surface area contributed by atoms with Crippen molar-refractivity contribution in [2.24, 2.45) is 0 Å². The molecule has 4 heteroatoms. The first kappa shape index (κ1) is 15.3. The van der Waals surface area contributed by atoms with Crippen LogP contribution in [0, 0.1) is 0 Å². The van der Waals surface area contributed by atoms with Crippen LogP contribution in [0.25, 0.3) is 6.08 Å². The molecule has 2 nitrogen and oxygen atoms in total. The van der Waals surface area contributed by atoms with Gasteiger partial charge in [-0.05, 0) is 30.0 Å². The number of hydrogen-bond donors (Lipinski definition) is 0. The smallest absolute Gasteiger partial charge is 0.252 e. The van der Waals surface area contributed by atoms with Gasteiger partial charge in [0.1, 0.15) is 4.32 Å². The number of carbonyl (C=O) groups is 1. The van der Waals surface area contributed by atoms with Crippen molar-refractivity contribution in [3.05, 3.63) is 41.5 Å². The van der Waals surface area contributed by atoms with Crippen molar-refractivity contribution in [1.82, 2.24) is 4.90 Å². The SMILES string of the molecule is CCCCc1ccc(/C=C/C(=O)N2CCSC2=S)cc1. The van der Waals surface area contributed by atoms with E-state index < -0.39 is 0 Å². The molecule has 0 N–H and O–H groups in total. The maximum Gasteiger partial charge on any atom is 0.252 e. The number of benzene rings is 1. The van der Waals surface area contributed by atoms with Crippen LogP contribution in [0.4, 0.5) is 0 Å². The molecule has 0 unspecified atom stereocenters. The molecule has 1 heterocycles. The molecule has 1 aliphatic heterocycles. The van der Waals surface area contributed by atoms with Crippen molar-refractivity contribution in [3.63, 3.8) is 0 Å². The molecule has 0 aliphatic carbocycles. The fraction of sp³-hybridized carbons (Fsp3) is 0.375. The molecule has 0 aromatic heterocycles. The Hall–Kier alpha value is -1.13. The van der Waals surface area contributed by atoms with Crippen LogP contribution in [-0.4, -0.2) is 27.4 Å². The highest BCUT2D eigenvalue weighted by atomic mass is 32.2. The Balaban J connectivity index is 1.93. The average molecular weight is 305 g/mol. The average Bonchev–Trinajstić information content (AvgIpc) is 2.90. The Morgan fingerprint density at radius 3 is 2.75 bits per heavy atom. The lowest BCUT2D eigenvalue weighted by molar-refractivity contribution is -0.121. The molecular weight excluding hydrogens is 286 g/mol. The zero-order valence-electron chi connectivity index (χ0n) is 11.7. The van der Waals surface area contributed by atoms with Gasteiger partial charge in [-0.3, -0.25) is 9.69 Å². The number of unbranched alkanes of at least 4 members (excludes halogenated alkanes) is 1. The van der Waals surface area contributed by atoms with Gasteiger partial charge in [-0.25, -0.2) is 0 Å². The Morgan fingerprint density at radius 2 is 2.15 bits per heavy atom. The van der Waals surface area contributed by atoms with Gasteiger partial charge in [-0.2, -0.15) is 0 Å². The highest BCUT2D eigenvalue weighted by Gasteiger charge is 2.21. The molecule has 1 fully saturated rings. The molecule has 1 saturated heterocycles. The molecule has 1 aliphatic rings. The highest BCUT2D eigenvalue weighted by Crippen LogP contribution is 2.18. The van der Waals surface area contributed by atoms with E-state index in [1.165, 1.54) is 18.4 Å². The van der Waals surface area contributed by atoms with Crippen LogP contribution >= 0.6 is 24.0 Å². The predicted octanol–water partition coefficient (Wildman–Crippen LogP) is 3.90. The summed E-state index contributed by atoms with van der Waals surface area (Å²) in [5, 5.41) is 0. The summed E-state index contributed by atoms with van der Waals surface area (Å²) in [4.78, 5) is 13.6. The minimum atomic E-state index is -0.0185. The van der Waals surface area contributed by atoms with Crippen LogP contribution in [0.3, 0.4) is 0 Å². The Bertz CT molecular complexity index is 508. The second-order valence-electron chi connectivity index (χ2n) is 4.78. The fourth-order valence-electron chi connectivity index (χ4n) is 2.03. The largest absolute Gasteiger partial charge is 0.293 e. The van der Waals surface area contributed by atoms with Gasteiger partial charge in [0.05, 0.1) is 0 Å². The third-order valence-corrected chi connectivity index (χ3v) is 4.67. The van der Waals surface area contributed by atoms with E-state index in [-0.39, 0.29) is 5.91 Å². The monoisotopic (exact) mass is 305 g/mol. The van der Waals surface area contributed by atoms with Crippen LogP contribution in [0.15, 0.2) is 30.3 Å². The molecule has 0 radical (unpaired) electrons. The number of carbonyl (C=O) groups excluding carboxylic acids is 1. The van der Waals surface area contributed by atoms with Crippen molar-refractivity contribution < 1.29 is 4.79 Å². The molecule has 106 valence electrons. The van der Waals surface area contributed by atoms with E-state index in [0.29, 0.717) is 4.32 Å². The normalized spacial score (nSPS) is 15.2. The number of amides is 1. The van der Waals surface area contributed by atoms with E-state index in [2.05, 4.69) is 31.2 Å². The fourth-order valence-corrected chi connectivity index (χ4v) is 3.24. The molecular formula is C16H19NOS2. The minimum Gasteiger partial charge on any atom is -0.293 e. The molecule has 0 saturated carbocycles. The Kier molecular flexibility index (Phi) is 5.80. The van der Waals surface area contributed by atoms with Crippen molar-refractivity contribution in [3.8, 4) is 0 Å². The lowest BCUT2D eigenvalue weighted by atomic mass is 10.1. The van der Waals surface area contributed by atoms with E-state index in [0.717, 1.165) is 24.3 Å². The lowest BCUT2D eigenvalue weighted by Gasteiger charge is -2.11. The number of rotatable bonds is 5. The van der Waals surface area contributed by atoms with Crippen LogP contribution in [-0.2, 0) is 11.2 Å². The summed E-state index contributed by atoms with van der Waals surface area (Å²) in [7, 11) is 0. The van der Waals surface area contributed by atoms with E-state index in [4.69, 9.17) is 12.2 Å². The number of aryl methyl sites for hydroxylation is 1. The van der Waals surface area contributed by atoms with Gasteiger partial charge in [0.2, 0.25) is 0 Å². The number of thioether (sulfide) groups is 1. The molecule has 0 atom stereocenters. The number of hydrogen-bond acceptors (Lipinski definition) is 3. The molecule has 1 amide bonds. The van der Waals surface area contributed by atoms with Gasteiger partial charge in [-0.1, -0.05) is 61.6 Å². The molecule has 1 aromatic rings. The molecule has 0 spiro atoms. The summed E-state index contributed by atoms with van der Waals surface area (Å²) < 4.78 is 0.689. The van der Waals surface area contributed by atoms with E-state index in [1.807, 2.05) is 6.08 Å². The van der Waals surface area contributed by atoms with Gasteiger partial charge in [0.25, 0.3) is 5.91 Å². The first-order chi connectivity index (χ1) is 9.70. The van der Waals surface area contributed by atoms with Crippen LogP contribution in [0.1, 0.15) is 30.9 Å². The zero-order valence-corrected chi connectivity index (χ0v) is 13.3. The van der Waals surface area contributed by atoms with Crippen LogP contribution < -0.4 is 0 Å². The quantitative estimate of drug-likeness (QED) is 0.608. The highest BCUT2D eigenvalue weighted by molar-refractivity contribution is 8.23. The van der Waals surface area contributed by atoms with Gasteiger partial charge in [-0.15, -0.1) is 0 Å². The molecule has 2 rings (SSSR count). The first-order valence-corrected chi connectivity index (χ1v) is 8.35. The van der Waals surface area contributed by atoms with Crippen molar-refractivity contribution in [1.29, 1.82) is 0 Å². The number of thiocarbonyl (C=S) groups is 1. The second kappa shape index (κ2) is 7.60. The maximum atomic E-state index is 12.0. The van der Waals surface area contributed by atoms with Crippen molar-refractivity contribution in [2.75, 3.05) is 12.3 Å². The topological polar surface area (TPSA) is 20.3 Å². The first-order valence-electron chi connectivity index (χ1n) is 6.96. The van der Waals surface area contributed by atoms with Crippen molar-refractivity contribution in [2.45, 2.75) is 26.2 Å². The number of nitrogens with zero attached hydrogens (tertiary/aromatic N) is 1. The summed E-state index contributed by atoms with van der Waals surface area (Å²) in [6.07, 6.45) is 7.02. The third-order valence-electron chi connectivity index (χ3n) is 3.24. The minimum absolute atomic E-state index is 0.0185. The van der Waals surface area contributed by atoms with Gasteiger partial charge >= 0.3 is 0 Å². The summed E-state index contributed by atoms with van der Waals surface area (Å²) >= 11 is 6.71. The summed E-state index contributed by atoms with van der Waals surface area (Å²) in [5.74, 6) is 0.889. The van der Waals surface area contributed by atoms with E-state index in [1.54, 1.807) is 22.7 Å². The Morgan fingerprint density at radius 1 is 1.40 bits per heavy atom.